The van der Waals surface area contributed by atoms with Gasteiger partial charge in [0.1, 0.15) is 5.82 Å². The van der Waals surface area contributed by atoms with Crippen LogP contribution >= 0.6 is 0 Å². The molecule has 1 aromatic heterocycles. The molecule has 0 spiro atoms. The minimum atomic E-state index is -3.60. The third kappa shape index (κ3) is 5.03. The van der Waals surface area contributed by atoms with E-state index >= 15 is 0 Å². The van der Waals surface area contributed by atoms with Crippen molar-refractivity contribution >= 4 is 26.6 Å². The zero-order valence-corrected chi connectivity index (χ0v) is 16.0. The van der Waals surface area contributed by atoms with Crippen LogP contribution in [-0.4, -0.2) is 32.5 Å². The topological polar surface area (TPSA) is 97.1 Å². The number of hydrogen-bond acceptors (Lipinski definition) is 5. The predicted octanol–water partition coefficient (Wildman–Crippen LogP) is 2.32. The lowest BCUT2D eigenvalue weighted by atomic mass is 10.1. The summed E-state index contributed by atoms with van der Waals surface area (Å²) >= 11 is 0. The van der Waals surface area contributed by atoms with Crippen molar-refractivity contribution in [1.82, 2.24) is 15.0 Å². The first-order chi connectivity index (χ1) is 13.0. The van der Waals surface area contributed by atoms with E-state index in [0.717, 1.165) is 23.7 Å². The molecule has 1 heterocycles. The van der Waals surface area contributed by atoms with E-state index in [1.54, 1.807) is 30.5 Å². The molecule has 4 N–H and O–H groups in total. The van der Waals surface area contributed by atoms with Gasteiger partial charge < -0.3 is 11.1 Å². The predicted molar refractivity (Wildman–Crippen MR) is 109 cm³/mol. The molecule has 7 heteroatoms. The van der Waals surface area contributed by atoms with Gasteiger partial charge in [-0.15, -0.1) is 0 Å². The SMILES string of the molecule is C[C@H](CNCCc1ccccc1)NS(=O)(=O)c1ccc2c(N)nccc2c1. The van der Waals surface area contributed by atoms with Gasteiger partial charge >= 0.3 is 0 Å². The van der Waals surface area contributed by atoms with Gasteiger partial charge in [0, 0.05) is 24.2 Å². The second kappa shape index (κ2) is 8.47. The number of aromatic nitrogens is 1. The number of rotatable bonds is 8. The van der Waals surface area contributed by atoms with Crippen molar-refractivity contribution in [3.63, 3.8) is 0 Å². The molecule has 2 aromatic carbocycles. The van der Waals surface area contributed by atoms with E-state index in [1.165, 1.54) is 5.56 Å². The van der Waals surface area contributed by atoms with Crippen LogP contribution in [0, 0.1) is 0 Å². The maximum atomic E-state index is 12.6. The van der Waals surface area contributed by atoms with Crippen molar-refractivity contribution in [2.24, 2.45) is 0 Å². The molecule has 6 nitrogen and oxygen atoms in total. The smallest absolute Gasteiger partial charge is 0.240 e. The summed E-state index contributed by atoms with van der Waals surface area (Å²) < 4.78 is 28.0. The fourth-order valence-electron chi connectivity index (χ4n) is 2.92. The quantitative estimate of drug-likeness (QED) is 0.518. The molecule has 142 valence electrons. The Kier molecular flexibility index (Phi) is 6.05. The number of nitrogens with zero attached hydrogens (tertiary/aromatic N) is 1. The van der Waals surface area contributed by atoms with E-state index in [9.17, 15) is 8.42 Å². The molecule has 3 aromatic rings. The Morgan fingerprint density at radius 2 is 1.89 bits per heavy atom. The van der Waals surface area contributed by atoms with Crippen LogP contribution in [0.15, 0.2) is 65.7 Å². The summed E-state index contributed by atoms with van der Waals surface area (Å²) in [6.07, 6.45) is 2.47. The number of sulfonamides is 1. The first-order valence-corrected chi connectivity index (χ1v) is 10.4. The van der Waals surface area contributed by atoms with Crippen LogP contribution in [0.2, 0.25) is 0 Å². The van der Waals surface area contributed by atoms with Crippen molar-refractivity contribution in [3.05, 3.63) is 66.4 Å². The Bertz CT molecular complexity index is 1010. The van der Waals surface area contributed by atoms with E-state index in [-0.39, 0.29) is 10.9 Å². The highest BCUT2D eigenvalue weighted by Gasteiger charge is 2.18. The summed E-state index contributed by atoms with van der Waals surface area (Å²) in [4.78, 5) is 4.23. The minimum Gasteiger partial charge on any atom is -0.383 e. The Labute approximate surface area is 159 Å². The van der Waals surface area contributed by atoms with Crippen LogP contribution in [0.25, 0.3) is 10.8 Å². The number of benzene rings is 2. The van der Waals surface area contributed by atoms with Crippen LogP contribution in [0.4, 0.5) is 5.82 Å². The third-order valence-electron chi connectivity index (χ3n) is 4.32. The first-order valence-electron chi connectivity index (χ1n) is 8.87. The lowest BCUT2D eigenvalue weighted by Gasteiger charge is -2.15. The molecular formula is C20H24N4O2S. The average Bonchev–Trinajstić information content (AvgIpc) is 2.66. The van der Waals surface area contributed by atoms with Crippen molar-refractivity contribution in [2.45, 2.75) is 24.3 Å². The molecule has 0 saturated heterocycles. The normalized spacial score (nSPS) is 12.9. The molecule has 0 radical (unpaired) electrons. The highest BCUT2D eigenvalue weighted by atomic mass is 32.2. The van der Waals surface area contributed by atoms with Gasteiger partial charge in [-0.2, -0.15) is 0 Å². The zero-order chi connectivity index (χ0) is 19.3. The Morgan fingerprint density at radius 3 is 2.67 bits per heavy atom. The second-order valence-electron chi connectivity index (χ2n) is 6.54. The fourth-order valence-corrected chi connectivity index (χ4v) is 4.20. The third-order valence-corrected chi connectivity index (χ3v) is 5.90. The summed E-state index contributed by atoms with van der Waals surface area (Å²) in [5, 5.41) is 4.78. The van der Waals surface area contributed by atoms with Gasteiger partial charge in [0.2, 0.25) is 10.0 Å². The van der Waals surface area contributed by atoms with Gasteiger partial charge in [-0.05, 0) is 55.1 Å². The molecule has 3 rings (SSSR count). The molecule has 27 heavy (non-hydrogen) atoms. The zero-order valence-electron chi connectivity index (χ0n) is 15.2. The van der Waals surface area contributed by atoms with E-state index < -0.39 is 10.0 Å². The lowest BCUT2D eigenvalue weighted by molar-refractivity contribution is 0.537. The van der Waals surface area contributed by atoms with Crippen LogP contribution in [0.1, 0.15) is 12.5 Å². The maximum Gasteiger partial charge on any atom is 0.240 e. The summed E-state index contributed by atoms with van der Waals surface area (Å²) in [7, 11) is -3.60. The minimum absolute atomic E-state index is 0.219. The number of anilines is 1. The summed E-state index contributed by atoms with van der Waals surface area (Å²) in [5.41, 5.74) is 7.07. The summed E-state index contributed by atoms with van der Waals surface area (Å²) in [5.74, 6) is 0.389. The van der Waals surface area contributed by atoms with Gasteiger partial charge in [-0.25, -0.2) is 18.1 Å². The van der Waals surface area contributed by atoms with Gasteiger partial charge in [0.15, 0.2) is 0 Å². The number of nitrogen functional groups attached to an aromatic ring is 1. The van der Waals surface area contributed by atoms with Gasteiger partial charge in [-0.1, -0.05) is 30.3 Å². The van der Waals surface area contributed by atoms with Gasteiger partial charge in [0.05, 0.1) is 4.90 Å². The molecule has 0 saturated carbocycles. The van der Waals surface area contributed by atoms with Crippen LogP contribution in [0.3, 0.4) is 0 Å². The molecule has 1 atom stereocenters. The number of hydrogen-bond donors (Lipinski definition) is 3. The van der Waals surface area contributed by atoms with Crippen LogP contribution < -0.4 is 15.8 Å². The fraction of sp³-hybridized carbons (Fsp3) is 0.250. The molecule has 0 aliphatic carbocycles. The van der Waals surface area contributed by atoms with Crippen molar-refractivity contribution in [2.75, 3.05) is 18.8 Å². The highest BCUT2D eigenvalue weighted by Crippen LogP contribution is 2.22. The molecule has 0 aliphatic heterocycles. The van der Waals surface area contributed by atoms with Crippen molar-refractivity contribution in [1.29, 1.82) is 0 Å². The van der Waals surface area contributed by atoms with Gasteiger partial charge in [0.25, 0.3) is 0 Å². The van der Waals surface area contributed by atoms with E-state index in [0.29, 0.717) is 12.4 Å². The average molecular weight is 385 g/mol. The largest absolute Gasteiger partial charge is 0.383 e. The number of fused-ring (bicyclic) bond motifs is 1. The number of pyridine rings is 1. The van der Waals surface area contributed by atoms with E-state index in [4.69, 9.17) is 5.73 Å². The standard InChI is InChI=1S/C20H24N4O2S/c1-15(14-22-11-9-16-5-3-2-4-6-16)24-27(25,26)18-7-8-19-17(13-18)10-12-23-20(19)21/h2-8,10,12-13,15,22,24H,9,11,14H2,1H3,(H2,21,23)/t15-/m1/s1. The molecule has 0 bridgehead atoms. The molecule has 0 amide bonds. The molecule has 0 aliphatic rings. The molecule has 0 fully saturated rings. The van der Waals surface area contributed by atoms with Crippen molar-refractivity contribution in [3.8, 4) is 0 Å². The first kappa shape index (κ1) is 19.3. The van der Waals surface area contributed by atoms with Crippen molar-refractivity contribution < 1.29 is 8.42 Å². The number of nitrogens with two attached hydrogens (primary N) is 1. The monoisotopic (exact) mass is 384 g/mol. The highest BCUT2D eigenvalue weighted by molar-refractivity contribution is 7.89. The van der Waals surface area contributed by atoms with Crippen LogP contribution in [-0.2, 0) is 16.4 Å². The summed E-state index contributed by atoms with van der Waals surface area (Å²) in [6.45, 7) is 3.19. The molecule has 0 unspecified atom stereocenters. The Balaban J connectivity index is 1.57. The van der Waals surface area contributed by atoms with Crippen LogP contribution in [0.5, 0.6) is 0 Å². The van der Waals surface area contributed by atoms with E-state index in [1.807, 2.05) is 25.1 Å². The number of nitrogens with one attached hydrogen (secondary N) is 2. The summed E-state index contributed by atoms with van der Waals surface area (Å²) in [6, 6.07) is 16.6. The Morgan fingerprint density at radius 1 is 1.11 bits per heavy atom. The maximum absolute atomic E-state index is 12.6. The Hall–Kier alpha value is -2.48. The van der Waals surface area contributed by atoms with Gasteiger partial charge in [-0.3, -0.25) is 0 Å². The van der Waals surface area contributed by atoms with E-state index in [2.05, 4.69) is 27.2 Å². The second-order valence-corrected chi connectivity index (χ2v) is 8.26. The lowest BCUT2D eigenvalue weighted by Crippen LogP contribution is -2.40. The molecular weight excluding hydrogens is 360 g/mol.